The van der Waals surface area contributed by atoms with E-state index in [1.807, 2.05) is 54.6 Å². The number of rotatable bonds is 2. The smallest absolute Gasteiger partial charge is 0.253 e. The van der Waals surface area contributed by atoms with Crippen LogP contribution in [-0.2, 0) is 4.79 Å². The Kier molecular flexibility index (Phi) is 4.93. The summed E-state index contributed by atoms with van der Waals surface area (Å²) < 4.78 is 0. The summed E-state index contributed by atoms with van der Waals surface area (Å²) in [7, 11) is 0. The zero-order valence-electron chi connectivity index (χ0n) is 16.5. The van der Waals surface area contributed by atoms with Crippen molar-refractivity contribution < 1.29 is 9.59 Å². The van der Waals surface area contributed by atoms with Crippen LogP contribution in [0, 0.1) is 0 Å². The maximum absolute atomic E-state index is 13.1. The molecule has 0 aliphatic carbocycles. The first-order valence-corrected chi connectivity index (χ1v) is 10.6. The van der Waals surface area contributed by atoms with E-state index in [-0.39, 0.29) is 17.9 Å². The van der Waals surface area contributed by atoms with Gasteiger partial charge in [0.05, 0.1) is 0 Å². The third-order valence-corrected chi connectivity index (χ3v) is 6.38. The fraction of sp³-hybridized carbons (Fsp3) is 0.250. The molecule has 5 rings (SSSR count). The molecule has 3 aromatic carbocycles. The summed E-state index contributed by atoms with van der Waals surface area (Å²) in [6, 6.07) is 19.5. The number of nitrogens with one attached hydrogen (secondary N) is 1. The van der Waals surface area contributed by atoms with Crippen LogP contribution in [0.15, 0.2) is 60.7 Å². The van der Waals surface area contributed by atoms with Crippen molar-refractivity contribution >= 4 is 34.2 Å². The molecule has 1 unspecified atom stereocenters. The zero-order chi connectivity index (χ0) is 20.7. The second-order valence-corrected chi connectivity index (χ2v) is 8.26. The summed E-state index contributed by atoms with van der Waals surface area (Å²) in [4.78, 5) is 29.3. The molecule has 1 N–H and O–H groups in total. The predicted molar refractivity (Wildman–Crippen MR) is 119 cm³/mol. The number of halogens is 1. The number of hydrogen-bond donors (Lipinski definition) is 1. The minimum atomic E-state index is -0.241. The minimum absolute atomic E-state index is 0.0179. The second kappa shape index (κ2) is 7.74. The van der Waals surface area contributed by atoms with Gasteiger partial charge in [0.25, 0.3) is 5.91 Å². The van der Waals surface area contributed by atoms with Crippen LogP contribution < -0.4 is 5.32 Å². The van der Waals surface area contributed by atoms with E-state index >= 15 is 0 Å². The van der Waals surface area contributed by atoms with Crippen molar-refractivity contribution in [2.45, 2.75) is 6.04 Å². The van der Waals surface area contributed by atoms with Gasteiger partial charge in [-0.3, -0.25) is 14.5 Å². The van der Waals surface area contributed by atoms with E-state index in [0.717, 1.165) is 40.0 Å². The van der Waals surface area contributed by atoms with E-state index in [0.29, 0.717) is 25.2 Å². The van der Waals surface area contributed by atoms with Crippen molar-refractivity contribution in [1.82, 2.24) is 15.1 Å². The lowest BCUT2D eigenvalue weighted by atomic mass is 9.99. The molecule has 2 aliphatic rings. The van der Waals surface area contributed by atoms with Crippen LogP contribution in [0.1, 0.15) is 10.4 Å². The molecule has 2 amide bonds. The molecule has 2 heterocycles. The van der Waals surface area contributed by atoms with Crippen LogP contribution >= 0.6 is 11.6 Å². The molecular formula is C24H22ClN3O2. The van der Waals surface area contributed by atoms with Gasteiger partial charge in [-0.2, -0.15) is 0 Å². The van der Waals surface area contributed by atoms with Crippen LogP contribution in [0.3, 0.4) is 0 Å². The highest BCUT2D eigenvalue weighted by molar-refractivity contribution is 6.33. The summed E-state index contributed by atoms with van der Waals surface area (Å²) in [5.74, 6) is -0.00512. The highest BCUT2D eigenvalue weighted by Crippen LogP contribution is 2.30. The molecule has 0 saturated carbocycles. The van der Waals surface area contributed by atoms with Crippen LogP contribution in [0.4, 0.5) is 0 Å². The van der Waals surface area contributed by atoms with Gasteiger partial charge in [-0.05, 0) is 40.6 Å². The Morgan fingerprint density at radius 1 is 0.967 bits per heavy atom. The summed E-state index contributed by atoms with van der Waals surface area (Å²) in [5, 5.41) is 5.68. The Balaban J connectivity index is 1.40. The summed E-state index contributed by atoms with van der Waals surface area (Å²) in [5.41, 5.74) is 2.69. The van der Waals surface area contributed by atoms with Gasteiger partial charge in [-0.1, -0.05) is 48.0 Å². The standard InChI is InChI=1S/C24H22ClN3O2/c25-21-4-2-1-3-20(21)18-7-5-17-14-19(8-6-16(17)13-18)24(30)28-12-11-27-10-9-26-23(29)22(27)15-28/h1-8,13-14,22H,9-12,15H2,(H,26,29). The summed E-state index contributed by atoms with van der Waals surface area (Å²) in [6.07, 6.45) is 0. The lowest BCUT2D eigenvalue weighted by Gasteiger charge is -2.43. The number of piperazine rings is 2. The molecular weight excluding hydrogens is 398 g/mol. The van der Waals surface area contributed by atoms with Gasteiger partial charge in [0.2, 0.25) is 5.91 Å². The average molecular weight is 420 g/mol. The molecule has 2 fully saturated rings. The molecule has 0 radical (unpaired) electrons. The van der Waals surface area contributed by atoms with Crippen molar-refractivity contribution in [3.63, 3.8) is 0 Å². The third-order valence-electron chi connectivity index (χ3n) is 6.05. The number of benzene rings is 3. The molecule has 1 atom stereocenters. The van der Waals surface area contributed by atoms with E-state index in [4.69, 9.17) is 11.6 Å². The Morgan fingerprint density at radius 2 is 1.77 bits per heavy atom. The third kappa shape index (κ3) is 3.44. The minimum Gasteiger partial charge on any atom is -0.353 e. The van der Waals surface area contributed by atoms with Gasteiger partial charge in [-0.15, -0.1) is 0 Å². The molecule has 2 aliphatic heterocycles. The molecule has 2 saturated heterocycles. The maximum Gasteiger partial charge on any atom is 0.253 e. The van der Waals surface area contributed by atoms with Crippen LogP contribution in [0.2, 0.25) is 5.02 Å². The van der Waals surface area contributed by atoms with E-state index in [9.17, 15) is 9.59 Å². The van der Waals surface area contributed by atoms with Gasteiger partial charge in [0.1, 0.15) is 6.04 Å². The van der Waals surface area contributed by atoms with Crippen molar-refractivity contribution in [2.75, 3.05) is 32.7 Å². The predicted octanol–water partition coefficient (Wildman–Crippen LogP) is 3.42. The number of nitrogens with zero attached hydrogens (tertiary/aromatic N) is 2. The highest BCUT2D eigenvalue weighted by Gasteiger charge is 2.36. The Labute approximate surface area is 180 Å². The van der Waals surface area contributed by atoms with E-state index in [1.165, 1.54) is 0 Å². The lowest BCUT2D eigenvalue weighted by molar-refractivity contribution is -0.131. The molecule has 30 heavy (non-hydrogen) atoms. The number of carbonyl (C=O) groups is 2. The molecule has 5 nitrogen and oxygen atoms in total. The maximum atomic E-state index is 13.1. The molecule has 0 spiro atoms. The highest BCUT2D eigenvalue weighted by atomic mass is 35.5. The SMILES string of the molecule is O=C1NCCN2CCN(C(=O)c3ccc4cc(-c5ccccc5Cl)ccc4c3)CC12. The van der Waals surface area contributed by atoms with Gasteiger partial charge >= 0.3 is 0 Å². The fourth-order valence-electron chi connectivity index (χ4n) is 4.39. The summed E-state index contributed by atoms with van der Waals surface area (Å²) >= 11 is 6.34. The van der Waals surface area contributed by atoms with Crippen LogP contribution in [-0.4, -0.2) is 60.4 Å². The van der Waals surface area contributed by atoms with E-state index < -0.39 is 0 Å². The summed E-state index contributed by atoms with van der Waals surface area (Å²) in [6.45, 7) is 3.35. The first-order valence-electron chi connectivity index (χ1n) is 10.2. The Hall–Kier alpha value is -2.89. The van der Waals surface area contributed by atoms with Crippen molar-refractivity contribution in [1.29, 1.82) is 0 Å². The van der Waals surface area contributed by atoms with Crippen molar-refractivity contribution in [2.24, 2.45) is 0 Å². The average Bonchev–Trinajstić information content (AvgIpc) is 2.78. The molecule has 0 aromatic heterocycles. The topological polar surface area (TPSA) is 52.7 Å². The fourth-order valence-corrected chi connectivity index (χ4v) is 4.63. The monoisotopic (exact) mass is 419 g/mol. The van der Waals surface area contributed by atoms with Crippen LogP contribution in [0.5, 0.6) is 0 Å². The first kappa shape index (κ1) is 19.1. The molecule has 6 heteroatoms. The Bertz CT molecular complexity index is 1150. The largest absolute Gasteiger partial charge is 0.353 e. The van der Waals surface area contributed by atoms with Gasteiger partial charge in [-0.25, -0.2) is 0 Å². The van der Waals surface area contributed by atoms with Crippen molar-refractivity contribution in [3.8, 4) is 11.1 Å². The van der Waals surface area contributed by atoms with Gasteiger partial charge < -0.3 is 10.2 Å². The van der Waals surface area contributed by atoms with Crippen molar-refractivity contribution in [3.05, 3.63) is 71.2 Å². The number of amides is 2. The number of carbonyl (C=O) groups excluding carboxylic acids is 2. The normalized spacial score (nSPS) is 19.4. The number of fused-ring (bicyclic) bond motifs is 2. The number of hydrogen-bond acceptors (Lipinski definition) is 3. The Morgan fingerprint density at radius 3 is 2.63 bits per heavy atom. The van der Waals surface area contributed by atoms with Gasteiger partial charge in [0, 0.05) is 48.9 Å². The van der Waals surface area contributed by atoms with Crippen LogP contribution in [0.25, 0.3) is 21.9 Å². The molecule has 0 bridgehead atoms. The van der Waals surface area contributed by atoms with E-state index in [1.54, 1.807) is 4.90 Å². The van der Waals surface area contributed by atoms with E-state index in [2.05, 4.69) is 16.3 Å². The van der Waals surface area contributed by atoms with Gasteiger partial charge in [0.15, 0.2) is 0 Å². The molecule has 3 aromatic rings. The second-order valence-electron chi connectivity index (χ2n) is 7.85. The zero-order valence-corrected chi connectivity index (χ0v) is 17.2. The molecule has 152 valence electrons. The quantitative estimate of drug-likeness (QED) is 0.692. The lowest BCUT2D eigenvalue weighted by Crippen LogP contribution is -2.64. The first-order chi connectivity index (χ1) is 14.6.